The quantitative estimate of drug-likeness (QED) is 0.617. The molecule has 7 nitrogen and oxygen atoms in total. The van der Waals surface area contributed by atoms with Gasteiger partial charge >= 0.3 is 5.97 Å². The van der Waals surface area contributed by atoms with Crippen LogP contribution in [-0.2, 0) is 19.7 Å². The second-order valence-electron chi connectivity index (χ2n) is 4.15. The number of ether oxygens (including phenoxy) is 1. The van der Waals surface area contributed by atoms with E-state index >= 15 is 0 Å². The predicted octanol–water partition coefficient (Wildman–Crippen LogP) is 0.0954. The molecule has 0 saturated carbocycles. The number of carbonyl (C=O) groups is 1. The topological polar surface area (TPSA) is 95.9 Å². The minimum absolute atomic E-state index is 0.130. The van der Waals surface area contributed by atoms with Gasteiger partial charge < -0.3 is 9.84 Å². The van der Waals surface area contributed by atoms with E-state index < -0.39 is 22.2 Å². The van der Waals surface area contributed by atoms with Crippen molar-refractivity contribution in [3.63, 3.8) is 0 Å². The summed E-state index contributed by atoms with van der Waals surface area (Å²) < 4.78 is 32.6. The summed E-state index contributed by atoms with van der Waals surface area (Å²) in [5.74, 6) is -0.825. The molecule has 0 bridgehead atoms. The first kappa shape index (κ1) is 16.7. The molecule has 0 aromatic rings. The lowest BCUT2D eigenvalue weighted by molar-refractivity contribution is -0.140. The van der Waals surface area contributed by atoms with Crippen molar-refractivity contribution in [1.82, 2.24) is 9.03 Å². The molecule has 1 fully saturated rings. The zero-order valence-electron chi connectivity index (χ0n) is 11.0. The maximum Gasteiger partial charge on any atom is 0.322 e. The van der Waals surface area contributed by atoms with Crippen LogP contribution < -0.4 is 4.72 Å². The van der Waals surface area contributed by atoms with Gasteiger partial charge in [0.25, 0.3) is 10.2 Å². The van der Waals surface area contributed by atoms with Crippen molar-refractivity contribution >= 4 is 27.9 Å². The van der Waals surface area contributed by atoms with Crippen molar-refractivity contribution in [2.24, 2.45) is 0 Å². The summed E-state index contributed by atoms with van der Waals surface area (Å²) in [5, 5.41) is 8.82. The summed E-state index contributed by atoms with van der Waals surface area (Å²) in [6, 6.07) is -0.999. The lowest BCUT2D eigenvalue weighted by Crippen LogP contribution is -2.50. The molecule has 0 aromatic carbocycles. The van der Waals surface area contributed by atoms with Crippen molar-refractivity contribution in [2.75, 3.05) is 26.0 Å². The second-order valence-corrected chi connectivity index (χ2v) is 7.02. The van der Waals surface area contributed by atoms with Gasteiger partial charge in [0.1, 0.15) is 6.04 Å². The van der Waals surface area contributed by atoms with E-state index in [1.807, 2.05) is 6.92 Å². The number of methoxy groups -OCH3 is 1. The van der Waals surface area contributed by atoms with Crippen LogP contribution in [0.2, 0.25) is 0 Å². The SMILES string of the molecule is CCCC1SCC(C(=O)O)N1S(=O)(=O)NCCOC. The Bertz CT molecular complexity index is 401. The lowest BCUT2D eigenvalue weighted by Gasteiger charge is -2.26. The van der Waals surface area contributed by atoms with E-state index in [1.165, 1.54) is 18.9 Å². The summed E-state index contributed by atoms with van der Waals surface area (Å²) in [6.07, 6.45) is 1.44. The average Bonchev–Trinajstić information content (AvgIpc) is 2.74. The predicted molar refractivity (Wildman–Crippen MR) is 73.2 cm³/mol. The lowest BCUT2D eigenvalue weighted by atomic mass is 10.3. The fraction of sp³-hybridized carbons (Fsp3) is 0.900. The number of nitrogens with one attached hydrogen (secondary N) is 1. The number of hydrogen-bond donors (Lipinski definition) is 2. The summed E-state index contributed by atoms with van der Waals surface area (Å²) in [7, 11) is -2.32. The summed E-state index contributed by atoms with van der Waals surface area (Å²) in [4.78, 5) is 11.2. The largest absolute Gasteiger partial charge is 0.480 e. The van der Waals surface area contributed by atoms with Crippen molar-refractivity contribution in [3.05, 3.63) is 0 Å². The minimum Gasteiger partial charge on any atom is -0.480 e. The average molecular weight is 312 g/mol. The van der Waals surface area contributed by atoms with E-state index in [1.54, 1.807) is 0 Å². The molecule has 0 amide bonds. The zero-order chi connectivity index (χ0) is 14.5. The molecule has 2 atom stereocenters. The van der Waals surface area contributed by atoms with Gasteiger partial charge in [-0.3, -0.25) is 4.79 Å². The smallest absolute Gasteiger partial charge is 0.322 e. The molecule has 1 aliphatic heterocycles. The Hall–Kier alpha value is -0.350. The first-order valence-corrected chi connectivity index (χ1v) is 8.54. The molecule has 1 rings (SSSR count). The van der Waals surface area contributed by atoms with E-state index in [2.05, 4.69) is 4.72 Å². The molecule has 2 N–H and O–H groups in total. The van der Waals surface area contributed by atoms with Gasteiger partial charge in [-0.25, -0.2) is 0 Å². The number of carboxylic acids is 1. The van der Waals surface area contributed by atoms with Crippen LogP contribution in [0.15, 0.2) is 0 Å². The number of aliphatic carboxylic acids is 1. The van der Waals surface area contributed by atoms with Crippen LogP contribution >= 0.6 is 11.8 Å². The van der Waals surface area contributed by atoms with E-state index in [4.69, 9.17) is 9.84 Å². The van der Waals surface area contributed by atoms with Gasteiger partial charge in [0, 0.05) is 19.4 Å². The Morgan fingerprint density at radius 3 is 2.79 bits per heavy atom. The highest BCUT2D eigenvalue weighted by molar-refractivity contribution is 8.01. The fourth-order valence-corrected chi connectivity index (χ4v) is 5.28. The molecule has 1 heterocycles. The van der Waals surface area contributed by atoms with Gasteiger partial charge in [-0.1, -0.05) is 13.3 Å². The van der Waals surface area contributed by atoms with Crippen LogP contribution in [0.5, 0.6) is 0 Å². The van der Waals surface area contributed by atoms with Crippen LogP contribution in [0.4, 0.5) is 0 Å². The molecule has 19 heavy (non-hydrogen) atoms. The van der Waals surface area contributed by atoms with Crippen molar-refractivity contribution < 1.29 is 23.1 Å². The minimum atomic E-state index is -3.80. The summed E-state index contributed by atoms with van der Waals surface area (Å²) >= 11 is 1.37. The Labute approximate surface area is 117 Å². The van der Waals surface area contributed by atoms with Crippen LogP contribution in [0.1, 0.15) is 19.8 Å². The second kappa shape index (κ2) is 7.44. The Morgan fingerprint density at radius 1 is 1.58 bits per heavy atom. The zero-order valence-corrected chi connectivity index (χ0v) is 12.7. The van der Waals surface area contributed by atoms with Crippen LogP contribution in [0.25, 0.3) is 0 Å². The Kier molecular flexibility index (Phi) is 6.54. The van der Waals surface area contributed by atoms with Gasteiger partial charge in [0.05, 0.1) is 12.0 Å². The van der Waals surface area contributed by atoms with Gasteiger partial charge in [-0.05, 0) is 6.42 Å². The van der Waals surface area contributed by atoms with Gasteiger partial charge in [-0.2, -0.15) is 17.4 Å². The molecule has 1 aliphatic rings. The Morgan fingerprint density at radius 2 is 2.26 bits per heavy atom. The number of hydrogen-bond acceptors (Lipinski definition) is 5. The van der Waals surface area contributed by atoms with Gasteiger partial charge in [0.2, 0.25) is 0 Å². The number of thioether (sulfide) groups is 1. The highest BCUT2D eigenvalue weighted by atomic mass is 32.2. The van der Waals surface area contributed by atoms with Gasteiger partial charge in [0.15, 0.2) is 0 Å². The van der Waals surface area contributed by atoms with Crippen molar-refractivity contribution in [2.45, 2.75) is 31.2 Å². The first-order chi connectivity index (χ1) is 8.94. The molecule has 0 spiro atoms. The normalized spacial score (nSPS) is 24.7. The molecule has 2 unspecified atom stereocenters. The van der Waals surface area contributed by atoms with E-state index in [0.29, 0.717) is 6.42 Å². The van der Waals surface area contributed by atoms with Crippen LogP contribution in [0.3, 0.4) is 0 Å². The molecule has 0 radical (unpaired) electrons. The molecule has 0 aromatic heterocycles. The fourth-order valence-electron chi connectivity index (χ4n) is 1.86. The standard InChI is InChI=1S/C10H20N2O5S2/c1-3-4-9-12(8(7-18-9)10(13)14)19(15,16)11-5-6-17-2/h8-9,11H,3-7H2,1-2H3,(H,13,14). The van der Waals surface area contributed by atoms with E-state index in [-0.39, 0.29) is 24.3 Å². The third kappa shape index (κ3) is 4.32. The summed E-state index contributed by atoms with van der Waals surface area (Å²) in [6.45, 7) is 2.32. The number of nitrogens with zero attached hydrogens (tertiary/aromatic N) is 1. The maximum atomic E-state index is 12.2. The highest BCUT2D eigenvalue weighted by Gasteiger charge is 2.45. The molecule has 112 valence electrons. The molecular formula is C10H20N2O5S2. The first-order valence-electron chi connectivity index (χ1n) is 6.05. The Balaban J connectivity index is 2.84. The number of carboxylic acid groups (broad SMARTS) is 1. The third-order valence-electron chi connectivity index (χ3n) is 2.73. The van der Waals surface area contributed by atoms with Crippen molar-refractivity contribution in [3.8, 4) is 0 Å². The van der Waals surface area contributed by atoms with E-state index in [9.17, 15) is 13.2 Å². The monoisotopic (exact) mass is 312 g/mol. The van der Waals surface area contributed by atoms with E-state index in [0.717, 1.165) is 10.7 Å². The molecule has 0 aliphatic carbocycles. The van der Waals surface area contributed by atoms with Crippen LogP contribution in [-0.4, -0.2) is 61.2 Å². The highest BCUT2D eigenvalue weighted by Crippen LogP contribution is 2.34. The maximum absolute atomic E-state index is 12.2. The van der Waals surface area contributed by atoms with Crippen LogP contribution in [0, 0.1) is 0 Å². The molecule has 1 saturated heterocycles. The van der Waals surface area contributed by atoms with Gasteiger partial charge in [-0.15, -0.1) is 11.8 Å². The molecule has 9 heteroatoms. The third-order valence-corrected chi connectivity index (χ3v) is 5.85. The molecular weight excluding hydrogens is 292 g/mol. The van der Waals surface area contributed by atoms with Crippen molar-refractivity contribution in [1.29, 1.82) is 0 Å². The summed E-state index contributed by atoms with van der Waals surface area (Å²) in [5.41, 5.74) is 0. The number of rotatable bonds is 8.